The lowest BCUT2D eigenvalue weighted by atomic mass is 10.1. The average molecular weight is 238 g/mol. The van der Waals surface area contributed by atoms with Gasteiger partial charge in [0.15, 0.2) is 0 Å². The average Bonchev–Trinajstić information content (AvgIpc) is 2.33. The van der Waals surface area contributed by atoms with Gasteiger partial charge in [0.05, 0.1) is 19.8 Å². The van der Waals surface area contributed by atoms with Crippen LogP contribution in [-0.2, 0) is 11.3 Å². The van der Waals surface area contributed by atoms with E-state index in [1.54, 1.807) is 11.5 Å². The summed E-state index contributed by atoms with van der Waals surface area (Å²) in [6.07, 6.45) is 3.35. The molecule has 0 bridgehead atoms. The van der Waals surface area contributed by atoms with Gasteiger partial charge < -0.3 is 9.47 Å². The van der Waals surface area contributed by atoms with E-state index in [0.717, 1.165) is 25.9 Å². The Hall–Kier alpha value is -1.36. The summed E-state index contributed by atoms with van der Waals surface area (Å²) < 4.78 is 12.3. The molecule has 2 heterocycles. The molecule has 2 rings (SSSR count). The van der Waals surface area contributed by atoms with Gasteiger partial charge >= 0.3 is 0 Å². The molecule has 5 heteroatoms. The van der Waals surface area contributed by atoms with Crippen molar-refractivity contribution < 1.29 is 9.47 Å². The topological polar surface area (TPSA) is 53.3 Å². The summed E-state index contributed by atoms with van der Waals surface area (Å²) in [5.74, 6) is 0. The normalized spacial score (nSPS) is 20.2. The van der Waals surface area contributed by atoms with Crippen LogP contribution in [0.1, 0.15) is 25.0 Å². The van der Waals surface area contributed by atoms with Crippen LogP contribution in [0, 0.1) is 6.92 Å². The number of hydrogen-bond acceptors (Lipinski definition) is 4. The van der Waals surface area contributed by atoms with E-state index in [2.05, 4.69) is 4.98 Å². The second kappa shape index (κ2) is 5.31. The molecule has 0 radical (unpaired) electrons. The number of nitrogens with zero attached hydrogens (tertiary/aromatic N) is 2. The van der Waals surface area contributed by atoms with Crippen molar-refractivity contribution in [2.75, 3.05) is 13.7 Å². The van der Waals surface area contributed by atoms with E-state index in [4.69, 9.17) is 9.47 Å². The van der Waals surface area contributed by atoms with Crippen molar-refractivity contribution in [3.05, 3.63) is 22.1 Å². The molecule has 0 saturated carbocycles. The number of ether oxygens (including phenoxy) is 2. The first-order valence-corrected chi connectivity index (χ1v) is 5.95. The van der Waals surface area contributed by atoms with Gasteiger partial charge in [0.2, 0.25) is 0 Å². The first kappa shape index (κ1) is 12.1. The fourth-order valence-electron chi connectivity index (χ4n) is 2.07. The van der Waals surface area contributed by atoms with Crippen molar-refractivity contribution in [1.82, 2.24) is 9.55 Å². The van der Waals surface area contributed by atoms with Gasteiger partial charge in [-0.05, 0) is 26.2 Å². The lowest BCUT2D eigenvalue weighted by Crippen LogP contribution is -2.31. The van der Waals surface area contributed by atoms with Gasteiger partial charge in [-0.15, -0.1) is 0 Å². The minimum Gasteiger partial charge on any atom is -0.468 e. The van der Waals surface area contributed by atoms with Crippen LogP contribution in [0.25, 0.3) is 0 Å². The van der Waals surface area contributed by atoms with Crippen LogP contribution in [0.15, 0.2) is 10.9 Å². The minimum absolute atomic E-state index is 0.0801. The summed E-state index contributed by atoms with van der Waals surface area (Å²) in [6, 6.07) is 1.88. The van der Waals surface area contributed by atoms with Gasteiger partial charge in [0, 0.05) is 18.4 Å². The lowest BCUT2D eigenvalue weighted by molar-refractivity contribution is 0.00393. The van der Waals surface area contributed by atoms with Crippen molar-refractivity contribution >= 4 is 0 Å². The molecule has 0 amide bonds. The van der Waals surface area contributed by atoms with Crippen molar-refractivity contribution in [2.45, 2.75) is 38.8 Å². The minimum atomic E-state index is -0.0801. The Kier molecular flexibility index (Phi) is 3.78. The molecule has 0 aliphatic carbocycles. The molecule has 1 unspecified atom stereocenters. The van der Waals surface area contributed by atoms with Gasteiger partial charge in [-0.3, -0.25) is 9.36 Å². The fraction of sp³-hybridized carbons (Fsp3) is 0.667. The molecular formula is C12H18N2O3. The second-order valence-corrected chi connectivity index (χ2v) is 4.32. The third-order valence-corrected chi connectivity index (χ3v) is 2.94. The summed E-state index contributed by atoms with van der Waals surface area (Å²) in [5.41, 5.74) is 0.594. The highest BCUT2D eigenvalue weighted by Gasteiger charge is 2.17. The molecule has 1 aromatic rings. The number of hydrogen-bond donors (Lipinski definition) is 0. The zero-order chi connectivity index (χ0) is 12.3. The Labute approximate surface area is 100 Å². The molecule has 94 valence electrons. The van der Waals surface area contributed by atoms with Crippen molar-refractivity contribution in [3.8, 4) is 6.01 Å². The first-order chi connectivity index (χ1) is 8.20. The van der Waals surface area contributed by atoms with E-state index in [1.807, 2.05) is 0 Å². The highest BCUT2D eigenvalue weighted by atomic mass is 16.5. The van der Waals surface area contributed by atoms with E-state index in [9.17, 15) is 4.79 Å². The smallest absolute Gasteiger partial charge is 0.299 e. The SMILES string of the molecule is COc1nc(C)cc(=O)n1CC1CCCCO1. The van der Waals surface area contributed by atoms with Crippen LogP contribution in [0.5, 0.6) is 6.01 Å². The maximum absolute atomic E-state index is 11.9. The molecule has 1 fully saturated rings. The second-order valence-electron chi connectivity index (χ2n) is 4.32. The number of rotatable bonds is 3. The van der Waals surface area contributed by atoms with Crippen LogP contribution >= 0.6 is 0 Å². The van der Waals surface area contributed by atoms with Gasteiger partial charge in [0.1, 0.15) is 0 Å². The van der Waals surface area contributed by atoms with Crippen molar-refractivity contribution in [1.29, 1.82) is 0 Å². The molecule has 1 aliphatic rings. The van der Waals surface area contributed by atoms with E-state index < -0.39 is 0 Å². The van der Waals surface area contributed by atoms with Crippen LogP contribution in [0.3, 0.4) is 0 Å². The molecule has 1 aromatic heterocycles. The summed E-state index contributed by atoms with van der Waals surface area (Å²) >= 11 is 0. The largest absolute Gasteiger partial charge is 0.468 e. The van der Waals surface area contributed by atoms with Crippen molar-refractivity contribution in [2.24, 2.45) is 0 Å². The van der Waals surface area contributed by atoms with Crippen LogP contribution in [-0.4, -0.2) is 29.4 Å². The third-order valence-electron chi connectivity index (χ3n) is 2.94. The van der Waals surface area contributed by atoms with Gasteiger partial charge in [-0.25, -0.2) is 4.98 Å². The molecule has 0 spiro atoms. The first-order valence-electron chi connectivity index (χ1n) is 5.95. The molecular weight excluding hydrogens is 220 g/mol. The summed E-state index contributed by atoms with van der Waals surface area (Å²) in [5, 5.41) is 0. The Morgan fingerprint density at radius 2 is 2.41 bits per heavy atom. The number of aromatic nitrogens is 2. The van der Waals surface area contributed by atoms with Crippen LogP contribution in [0.2, 0.25) is 0 Å². The summed E-state index contributed by atoms with van der Waals surface area (Å²) in [4.78, 5) is 16.1. The van der Waals surface area contributed by atoms with Crippen LogP contribution in [0.4, 0.5) is 0 Å². The van der Waals surface area contributed by atoms with E-state index in [0.29, 0.717) is 18.2 Å². The predicted octanol–water partition coefficient (Wildman–Crippen LogP) is 1.13. The molecule has 1 aliphatic heterocycles. The van der Waals surface area contributed by atoms with Gasteiger partial charge in [-0.2, -0.15) is 0 Å². The van der Waals surface area contributed by atoms with Crippen LogP contribution < -0.4 is 10.3 Å². The lowest BCUT2D eigenvalue weighted by Gasteiger charge is -2.23. The van der Waals surface area contributed by atoms with E-state index in [1.165, 1.54) is 13.2 Å². The highest BCUT2D eigenvalue weighted by molar-refractivity contribution is 5.06. The summed E-state index contributed by atoms with van der Waals surface area (Å²) in [7, 11) is 1.53. The van der Waals surface area contributed by atoms with E-state index >= 15 is 0 Å². The molecule has 5 nitrogen and oxygen atoms in total. The molecule has 17 heavy (non-hydrogen) atoms. The fourth-order valence-corrected chi connectivity index (χ4v) is 2.07. The van der Waals surface area contributed by atoms with E-state index in [-0.39, 0.29) is 11.7 Å². The highest BCUT2D eigenvalue weighted by Crippen LogP contribution is 2.15. The third kappa shape index (κ3) is 2.85. The summed E-state index contributed by atoms with van der Waals surface area (Å²) in [6.45, 7) is 3.08. The molecule has 0 aromatic carbocycles. The Balaban J connectivity index is 2.21. The monoisotopic (exact) mass is 238 g/mol. The maximum Gasteiger partial charge on any atom is 0.299 e. The zero-order valence-electron chi connectivity index (χ0n) is 10.3. The molecule has 1 atom stereocenters. The quantitative estimate of drug-likeness (QED) is 0.792. The number of methoxy groups -OCH3 is 1. The predicted molar refractivity (Wildman–Crippen MR) is 63.4 cm³/mol. The maximum atomic E-state index is 11.9. The Morgan fingerprint density at radius 1 is 1.59 bits per heavy atom. The van der Waals surface area contributed by atoms with Gasteiger partial charge in [0.25, 0.3) is 11.6 Å². The zero-order valence-corrected chi connectivity index (χ0v) is 10.3. The molecule has 0 N–H and O–H groups in total. The molecule has 1 saturated heterocycles. The Bertz CT molecular complexity index is 436. The number of aryl methyl sites for hydroxylation is 1. The van der Waals surface area contributed by atoms with Gasteiger partial charge in [-0.1, -0.05) is 0 Å². The standard InChI is InChI=1S/C12H18N2O3/c1-9-7-11(15)14(12(13-9)16-2)8-10-5-3-4-6-17-10/h7,10H,3-6,8H2,1-2H3. The van der Waals surface area contributed by atoms with Crippen molar-refractivity contribution in [3.63, 3.8) is 0 Å². The Morgan fingerprint density at radius 3 is 3.06 bits per heavy atom.